The molecule has 0 spiro atoms. The summed E-state index contributed by atoms with van der Waals surface area (Å²) >= 11 is 1.40. The molecule has 0 radical (unpaired) electrons. The number of nitrogens with two attached hydrogens (primary N) is 1. The molecule has 120 valence electrons. The van der Waals surface area contributed by atoms with E-state index in [0.29, 0.717) is 22.0 Å². The predicted octanol–water partition coefficient (Wildman–Crippen LogP) is 3.79. The van der Waals surface area contributed by atoms with Crippen LogP contribution in [0.2, 0.25) is 0 Å². The van der Waals surface area contributed by atoms with Crippen LogP contribution in [0.4, 0.5) is 5.69 Å². The molecule has 5 nitrogen and oxygen atoms in total. The van der Waals surface area contributed by atoms with Gasteiger partial charge in [0, 0.05) is 29.8 Å². The molecule has 1 aromatic carbocycles. The fraction of sp³-hybridized carbons (Fsp3) is 0.0556. The number of benzene rings is 1. The zero-order valence-corrected chi connectivity index (χ0v) is 14.0. The Morgan fingerprint density at radius 2 is 2.17 bits per heavy atom. The topological polar surface area (TPSA) is 71.0 Å². The van der Waals surface area contributed by atoms with Gasteiger partial charge in [-0.2, -0.15) is 5.10 Å². The molecular weight excluding hydrogens is 320 g/mol. The van der Waals surface area contributed by atoms with Crippen molar-refractivity contribution in [1.29, 1.82) is 0 Å². The third-order valence-electron chi connectivity index (χ3n) is 3.60. The minimum absolute atomic E-state index is 0.0698. The van der Waals surface area contributed by atoms with E-state index in [1.54, 1.807) is 24.2 Å². The number of nitrogens with zero attached hydrogens (tertiary/aromatic N) is 3. The summed E-state index contributed by atoms with van der Waals surface area (Å²) in [6.45, 7) is 5.37. The highest BCUT2D eigenvalue weighted by atomic mass is 32.1. The Labute approximate surface area is 144 Å². The van der Waals surface area contributed by atoms with E-state index in [0.717, 1.165) is 11.3 Å². The Hall–Kier alpha value is -2.99. The first-order chi connectivity index (χ1) is 11.6. The number of ketones is 1. The van der Waals surface area contributed by atoms with Gasteiger partial charge < -0.3 is 5.73 Å². The van der Waals surface area contributed by atoms with Gasteiger partial charge in [0.25, 0.3) is 0 Å². The van der Waals surface area contributed by atoms with Gasteiger partial charge in [0.1, 0.15) is 0 Å². The van der Waals surface area contributed by atoms with Crippen molar-refractivity contribution in [3.8, 4) is 0 Å². The number of thiophene rings is 1. The van der Waals surface area contributed by atoms with Crippen LogP contribution in [0, 0.1) is 0 Å². The normalized spacial score (nSPS) is 15.9. The highest BCUT2D eigenvalue weighted by molar-refractivity contribution is 7.12. The Morgan fingerprint density at radius 3 is 2.83 bits per heavy atom. The van der Waals surface area contributed by atoms with E-state index < -0.39 is 0 Å². The zero-order chi connectivity index (χ0) is 17.1. The van der Waals surface area contributed by atoms with Crippen LogP contribution in [0.5, 0.6) is 0 Å². The molecule has 1 aliphatic rings. The van der Waals surface area contributed by atoms with Gasteiger partial charge in [-0.3, -0.25) is 4.79 Å². The van der Waals surface area contributed by atoms with E-state index in [4.69, 9.17) is 5.73 Å². The Kier molecular flexibility index (Phi) is 4.39. The first-order valence-corrected chi connectivity index (χ1v) is 8.16. The molecule has 0 atom stereocenters. The SMILES string of the molecule is C=NN1C(c2cccc(N)c2)=CC=N/C1=C(/C)C(=O)c1cccs1. The summed E-state index contributed by atoms with van der Waals surface area (Å²) < 4.78 is 0. The van der Waals surface area contributed by atoms with Crippen molar-refractivity contribution >= 4 is 41.4 Å². The first kappa shape index (κ1) is 15.9. The molecule has 0 aliphatic carbocycles. The van der Waals surface area contributed by atoms with Crippen molar-refractivity contribution < 1.29 is 4.79 Å². The maximum Gasteiger partial charge on any atom is 0.202 e. The molecule has 2 heterocycles. The van der Waals surface area contributed by atoms with Gasteiger partial charge in [0.15, 0.2) is 5.82 Å². The number of Topliss-reactive ketones (excluding diaryl/α,β-unsaturated/α-hetero) is 1. The molecule has 0 saturated carbocycles. The minimum atomic E-state index is -0.0698. The lowest BCUT2D eigenvalue weighted by Crippen LogP contribution is -2.20. The number of hydrogen-bond acceptors (Lipinski definition) is 6. The predicted molar refractivity (Wildman–Crippen MR) is 100 cm³/mol. The molecule has 2 N–H and O–H groups in total. The summed E-state index contributed by atoms with van der Waals surface area (Å²) in [4.78, 5) is 17.6. The number of nitrogen functional groups attached to an aromatic ring is 1. The second kappa shape index (κ2) is 6.64. The Bertz CT molecular complexity index is 878. The number of carbonyl (C=O) groups is 1. The number of hydrazone groups is 1. The molecule has 0 amide bonds. The van der Waals surface area contributed by atoms with Crippen molar-refractivity contribution in [3.05, 3.63) is 69.7 Å². The molecule has 0 unspecified atom stereocenters. The number of anilines is 1. The molecule has 0 saturated heterocycles. The van der Waals surface area contributed by atoms with Crippen LogP contribution in [-0.2, 0) is 0 Å². The molecule has 0 fully saturated rings. The summed E-state index contributed by atoms with van der Waals surface area (Å²) in [5.41, 5.74) is 8.67. The minimum Gasteiger partial charge on any atom is -0.399 e. The molecular formula is C18H16N4OS. The van der Waals surface area contributed by atoms with Crippen LogP contribution in [0.25, 0.3) is 5.70 Å². The van der Waals surface area contributed by atoms with E-state index in [9.17, 15) is 4.79 Å². The van der Waals surface area contributed by atoms with Gasteiger partial charge in [-0.25, -0.2) is 10.0 Å². The fourth-order valence-corrected chi connectivity index (χ4v) is 3.15. The van der Waals surface area contributed by atoms with Crippen LogP contribution in [-0.4, -0.2) is 23.7 Å². The van der Waals surface area contributed by atoms with E-state index in [-0.39, 0.29) is 5.78 Å². The highest BCUT2D eigenvalue weighted by Crippen LogP contribution is 2.30. The van der Waals surface area contributed by atoms with Crippen molar-refractivity contribution in [2.75, 3.05) is 5.73 Å². The quantitative estimate of drug-likeness (QED) is 0.400. The first-order valence-electron chi connectivity index (χ1n) is 7.28. The Morgan fingerprint density at radius 1 is 1.33 bits per heavy atom. The lowest BCUT2D eigenvalue weighted by molar-refractivity contribution is 0.103. The average Bonchev–Trinajstić information content (AvgIpc) is 3.14. The summed E-state index contributed by atoms with van der Waals surface area (Å²) in [7, 11) is 0. The van der Waals surface area contributed by atoms with Crippen LogP contribution in [0.1, 0.15) is 22.2 Å². The lowest BCUT2D eigenvalue weighted by atomic mass is 10.1. The van der Waals surface area contributed by atoms with Gasteiger partial charge in [-0.1, -0.05) is 18.2 Å². The van der Waals surface area contributed by atoms with E-state index >= 15 is 0 Å². The maximum atomic E-state index is 12.6. The molecule has 0 bridgehead atoms. The van der Waals surface area contributed by atoms with Crippen LogP contribution < -0.4 is 5.73 Å². The summed E-state index contributed by atoms with van der Waals surface area (Å²) in [5, 5.41) is 7.49. The summed E-state index contributed by atoms with van der Waals surface area (Å²) in [6, 6.07) is 11.1. The number of hydrogen-bond donors (Lipinski definition) is 1. The number of carbonyl (C=O) groups excluding carboxylic acids is 1. The van der Waals surface area contributed by atoms with Gasteiger partial charge in [-0.15, -0.1) is 11.3 Å². The van der Waals surface area contributed by atoms with Crippen molar-refractivity contribution in [2.45, 2.75) is 6.92 Å². The van der Waals surface area contributed by atoms with E-state index in [1.165, 1.54) is 11.3 Å². The van der Waals surface area contributed by atoms with E-state index in [1.807, 2.05) is 41.8 Å². The third kappa shape index (κ3) is 2.91. The van der Waals surface area contributed by atoms with Gasteiger partial charge in [-0.05, 0) is 36.6 Å². The second-order valence-electron chi connectivity index (χ2n) is 5.16. The van der Waals surface area contributed by atoms with Gasteiger partial charge in [0.2, 0.25) is 5.78 Å². The summed E-state index contributed by atoms with van der Waals surface area (Å²) in [5.74, 6) is 0.392. The summed E-state index contributed by atoms with van der Waals surface area (Å²) in [6.07, 6.45) is 3.47. The monoisotopic (exact) mass is 336 g/mol. The van der Waals surface area contributed by atoms with Gasteiger partial charge in [0.05, 0.1) is 10.6 Å². The van der Waals surface area contributed by atoms with Crippen molar-refractivity contribution in [2.24, 2.45) is 10.1 Å². The molecule has 6 heteroatoms. The highest BCUT2D eigenvalue weighted by Gasteiger charge is 2.23. The van der Waals surface area contributed by atoms with Crippen LogP contribution in [0.3, 0.4) is 0 Å². The van der Waals surface area contributed by atoms with Gasteiger partial charge >= 0.3 is 0 Å². The second-order valence-corrected chi connectivity index (χ2v) is 6.11. The molecule has 1 aliphatic heterocycles. The molecule has 1 aromatic heterocycles. The van der Waals surface area contributed by atoms with Crippen LogP contribution >= 0.6 is 11.3 Å². The fourth-order valence-electron chi connectivity index (χ4n) is 2.43. The maximum absolute atomic E-state index is 12.6. The number of rotatable bonds is 4. The van der Waals surface area contributed by atoms with Crippen molar-refractivity contribution in [1.82, 2.24) is 5.01 Å². The lowest BCUT2D eigenvalue weighted by Gasteiger charge is -2.25. The number of aliphatic imine (C=N–C) groups is 1. The van der Waals surface area contributed by atoms with Crippen LogP contribution in [0.15, 0.2) is 69.3 Å². The molecule has 24 heavy (non-hydrogen) atoms. The smallest absolute Gasteiger partial charge is 0.202 e. The standard InChI is InChI=1S/C18H16N4OS/c1-12(17(23)16-7-4-10-24-16)18-21-9-8-15(22(18)20-2)13-5-3-6-14(19)11-13/h3-11H,2,19H2,1H3/b18-12+. The largest absolute Gasteiger partial charge is 0.399 e. The molecule has 3 rings (SSSR count). The van der Waals surface area contributed by atoms with Crippen molar-refractivity contribution in [3.63, 3.8) is 0 Å². The molecule has 2 aromatic rings. The number of allylic oxidation sites excluding steroid dienone is 2. The Balaban J connectivity index is 2.03. The van der Waals surface area contributed by atoms with E-state index in [2.05, 4.69) is 16.8 Å². The average molecular weight is 336 g/mol. The third-order valence-corrected chi connectivity index (χ3v) is 4.47. The zero-order valence-electron chi connectivity index (χ0n) is 13.1.